The molecule has 5 heteroatoms. The molecule has 1 aromatic rings. The fraction of sp³-hybridized carbons (Fsp3) is 0.625. The summed E-state index contributed by atoms with van der Waals surface area (Å²) in [6.07, 6.45) is -2.58. The minimum Gasteiger partial charge on any atom is -0.493 e. The van der Waals surface area contributed by atoms with Crippen LogP contribution in [0.25, 0.3) is 0 Å². The van der Waals surface area contributed by atoms with E-state index in [1.54, 1.807) is 6.07 Å². The molecule has 0 bridgehead atoms. The molecule has 0 saturated heterocycles. The van der Waals surface area contributed by atoms with Crippen molar-refractivity contribution in [3.63, 3.8) is 0 Å². The average molecular weight is 303 g/mol. The first kappa shape index (κ1) is 17.8. The largest absolute Gasteiger partial charge is 0.493 e. The molecule has 1 atom stereocenters. The van der Waals surface area contributed by atoms with Crippen LogP contribution in [0.1, 0.15) is 44.7 Å². The van der Waals surface area contributed by atoms with Crippen LogP contribution < -0.4 is 10.1 Å². The maximum Gasteiger partial charge on any atom is 0.419 e. The van der Waals surface area contributed by atoms with Crippen LogP contribution in [0, 0.1) is 5.92 Å². The topological polar surface area (TPSA) is 21.3 Å². The van der Waals surface area contributed by atoms with E-state index in [2.05, 4.69) is 5.32 Å². The monoisotopic (exact) mass is 303 g/mol. The number of rotatable bonds is 8. The van der Waals surface area contributed by atoms with E-state index < -0.39 is 11.7 Å². The van der Waals surface area contributed by atoms with E-state index in [9.17, 15) is 13.2 Å². The lowest BCUT2D eigenvalue weighted by Gasteiger charge is -2.17. The molecule has 0 aromatic heterocycles. The number of hydrogen-bond donors (Lipinski definition) is 1. The van der Waals surface area contributed by atoms with Crippen LogP contribution in [0.5, 0.6) is 5.75 Å². The molecular weight excluding hydrogens is 279 g/mol. The summed E-state index contributed by atoms with van der Waals surface area (Å²) in [5.41, 5.74) is -0.0757. The minimum atomic E-state index is -4.40. The zero-order valence-corrected chi connectivity index (χ0v) is 12.9. The molecule has 0 aliphatic carbocycles. The molecule has 1 unspecified atom stereocenters. The molecule has 0 saturated carbocycles. The molecular formula is C16H24F3NO. The first-order chi connectivity index (χ1) is 9.88. The van der Waals surface area contributed by atoms with Gasteiger partial charge in [-0.2, -0.15) is 13.2 Å². The summed E-state index contributed by atoms with van der Waals surface area (Å²) in [6.45, 7) is 7.47. The lowest BCUT2D eigenvalue weighted by Crippen LogP contribution is -2.16. The van der Waals surface area contributed by atoms with Crippen LogP contribution in [0.3, 0.4) is 0 Å². The van der Waals surface area contributed by atoms with Gasteiger partial charge in [-0.15, -0.1) is 0 Å². The molecule has 0 fully saturated rings. The molecule has 120 valence electrons. The summed E-state index contributed by atoms with van der Waals surface area (Å²) < 4.78 is 44.7. The highest BCUT2D eigenvalue weighted by molar-refractivity contribution is 5.39. The first-order valence-electron chi connectivity index (χ1n) is 7.42. The second kappa shape index (κ2) is 8.27. The number of alkyl halides is 3. The van der Waals surface area contributed by atoms with Crippen molar-refractivity contribution in [3.05, 3.63) is 29.3 Å². The summed E-state index contributed by atoms with van der Waals surface area (Å²) in [6, 6.07) is 4.28. The summed E-state index contributed by atoms with van der Waals surface area (Å²) >= 11 is 0. The van der Waals surface area contributed by atoms with Crippen LogP contribution in [0.15, 0.2) is 18.2 Å². The van der Waals surface area contributed by atoms with Gasteiger partial charge < -0.3 is 10.1 Å². The van der Waals surface area contributed by atoms with Gasteiger partial charge in [-0.1, -0.05) is 33.3 Å². The van der Waals surface area contributed by atoms with Crippen molar-refractivity contribution in [1.82, 2.24) is 5.32 Å². The third-order valence-corrected chi connectivity index (χ3v) is 3.33. The van der Waals surface area contributed by atoms with Crippen LogP contribution in [0.4, 0.5) is 13.2 Å². The first-order valence-corrected chi connectivity index (χ1v) is 7.42. The van der Waals surface area contributed by atoms with Gasteiger partial charge >= 0.3 is 6.18 Å². The third-order valence-electron chi connectivity index (χ3n) is 3.33. The second-order valence-corrected chi connectivity index (χ2v) is 5.33. The van der Waals surface area contributed by atoms with Crippen molar-refractivity contribution in [3.8, 4) is 5.75 Å². The molecule has 0 aliphatic rings. The third kappa shape index (κ3) is 5.96. The van der Waals surface area contributed by atoms with E-state index >= 15 is 0 Å². The van der Waals surface area contributed by atoms with Crippen molar-refractivity contribution >= 4 is 0 Å². The second-order valence-electron chi connectivity index (χ2n) is 5.33. The van der Waals surface area contributed by atoms with Crippen LogP contribution in [-0.2, 0) is 12.7 Å². The van der Waals surface area contributed by atoms with Crippen LogP contribution >= 0.6 is 0 Å². The highest BCUT2D eigenvalue weighted by atomic mass is 19.4. The van der Waals surface area contributed by atoms with E-state index in [1.807, 2.05) is 20.8 Å². The Morgan fingerprint density at radius 2 is 1.95 bits per heavy atom. The molecule has 1 aromatic carbocycles. The summed E-state index contributed by atoms with van der Waals surface area (Å²) in [5, 5.41) is 3.10. The van der Waals surface area contributed by atoms with Gasteiger partial charge in [0, 0.05) is 6.54 Å². The zero-order valence-electron chi connectivity index (χ0n) is 12.9. The smallest absolute Gasteiger partial charge is 0.419 e. The summed E-state index contributed by atoms with van der Waals surface area (Å²) in [4.78, 5) is 0. The van der Waals surface area contributed by atoms with Gasteiger partial charge in [0.05, 0.1) is 12.2 Å². The van der Waals surface area contributed by atoms with Crippen molar-refractivity contribution in [2.45, 2.75) is 46.3 Å². The van der Waals surface area contributed by atoms with Crippen molar-refractivity contribution < 1.29 is 17.9 Å². The van der Waals surface area contributed by atoms with E-state index in [0.29, 0.717) is 18.7 Å². The SMILES string of the molecule is CCCNCc1ccc(OCC(C)CC)c(C(F)(F)F)c1. The maximum absolute atomic E-state index is 13.1. The quantitative estimate of drug-likeness (QED) is 0.707. The zero-order chi connectivity index (χ0) is 15.9. The molecule has 1 rings (SSSR count). The molecule has 0 spiro atoms. The Hall–Kier alpha value is -1.23. The predicted molar refractivity (Wildman–Crippen MR) is 78.4 cm³/mol. The Labute approximate surface area is 124 Å². The predicted octanol–water partition coefficient (Wildman–Crippen LogP) is 4.63. The van der Waals surface area contributed by atoms with Gasteiger partial charge in [-0.05, 0) is 36.6 Å². The van der Waals surface area contributed by atoms with Gasteiger partial charge in [0.2, 0.25) is 0 Å². The minimum absolute atomic E-state index is 0.0814. The Morgan fingerprint density at radius 1 is 1.24 bits per heavy atom. The highest BCUT2D eigenvalue weighted by Crippen LogP contribution is 2.37. The van der Waals surface area contributed by atoms with Crippen molar-refractivity contribution in [1.29, 1.82) is 0 Å². The fourth-order valence-corrected chi connectivity index (χ4v) is 1.79. The fourth-order valence-electron chi connectivity index (χ4n) is 1.79. The van der Waals surface area contributed by atoms with Crippen molar-refractivity contribution in [2.24, 2.45) is 5.92 Å². The van der Waals surface area contributed by atoms with E-state index in [0.717, 1.165) is 19.4 Å². The highest BCUT2D eigenvalue weighted by Gasteiger charge is 2.34. The Kier molecular flexibility index (Phi) is 7.02. The standard InChI is InChI=1S/C16H24F3NO/c1-4-8-20-10-13-6-7-15(21-11-12(3)5-2)14(9-13)16(17,18)19/h6-7,9,12,20H,4-5,8,10-11H2,1-3H3. The van der Waals surface area contributed by atoms with Gasteiger partial charge in [0.15, 0.2) is 0 Å². The normalized spacial score (nSPS) is 13.2. The Bertz CT molecular complexity index is 432. The van der Waals surface area contributed by atoms with Gasteiger partial charge in [-0.3, -0.25) is 0 Å². The van der Waals surface area contributed by atoms with Gasteiger partial charge in [0.25, 0.3) is 0 Å². The molecule has 0 aliphatic heterocycles. The molecule has 2 nitrogen and oxygen atoms in total. The average Bonchev–Trinajstić information content (AvgIpc) is 2.44. The molecule has 1 N–H and O–H groups in total. The van der Waals surface area contributed by atoms with Gasteiger partial charge in [0.1, 0.15) is 5.75 Å². The number of benzene rings is 1. The van der Waals surface area contributed by atoms with E-state index in [1.165, 1.54) is 12.1 Å². The number of ether oxygens (including phenoxy) is 1. The Balaban J connectivity index is 2.87. The number of halogens is 3. The van der Waals surface area contributed by atoms with E-state index in [-0.39, 0.29) is 11.7 Å². The number of nitrogens with one attached hydrogen (secondary N) is 1. The van der Waals surface area contributed by atoms with Crippen LogP contribution in [-0.4, -0.2) is 13.2 Å². The molecule has 0 radical (unpaired) electrons. The maximum atomic E-state index is 13.1. The lowest BCUT2D eigenvalue weighted by atomic mass is 10.1. The van der Waals surface area contributed by atoms with E-state index in [4.69, 9.17) is 4.74 Å². The van der Waals surface area contributed by atoms with Crippen LogP contribution in [0.2, 0.25) is 0 Å². The Morgan fingerprint density at radius 3 is 2.52 bits per heavy atom. The molecule has 0 amide bonds. The lowest BCUT2D eigenvalue weighted by molar-refractivity contribution is -0.139. The summed E-state index contributed by atoms with van der Waals surface area (Å²) in [5.74, 6) is 0.152. The van der Waals surface area contributed by atoms with Crippen molar-refractivity contribution in [2.75, 3.05) is 13.2 Å². The summed E-state index contributed by atoms with van der Waals surface area (Å²) in [7, 11) is 0. The molecule has 21 heavy (non-hydrogen) atoms. The molecule has 0 heterocycles. The number of hydrogen-bond acceptors (Lipinski definition) is 2. The van der Waals surface area contributed by atoms with Gasteiger partial charge in [-0.25, -0.2) is 0 Å².